The Balaban J connectivity index is 0.00000576. The molecule has 0 aliphatic heterocycles. The maximum Gasteiger partial charge on any atom is 0.191 e. The average Bonchev–Trinajstić information content (AvgIpc) is 2.56. The van der Waals surface area contributed by atoms with Gasteiger partial charge in [-0.15, -0.1) is 24.0 Å². The van der Waals surface area contributed by atoms with E-state index >= 15 is 0 Å². The number of halogens is 1. The molecule has 1 aromatic carbocycles. The maximum absolute atomic E-state index is 5.56. The van der Waals surface area contributed by atoms with Gasteiger partial charge in [0.05, 0.1) is 12.7 Å². The Hall–Kier alpha value is -0.860. The number of aliphatic imine (C=N–C) groups is 1. The van der Waals surface area contributed by atoms with E-state index in [4.69, 9.17) is 9.47 Å². The van der Waals surface area contributed by atoms with Gasteiger partial charge in [-0.2, -0.15) is 0 Å². The van der Waals surface area contributed by atoms with Crippen LogP contribution >= 0.6 is 24.0 Å². The molecule has 25 heavy (non-hydrogen) atoms. The third kappa shape index (κ3) is 9.42. The van der Waals surface area contributed by atoms with E-state index in [0.717, 1.165) is 19.1 Å². The summed E-state index contributed by atoms with van der Waals surface area (Å²) < 4.78 is 11.0. The van der Waals surface area contributed by atoms with Crippen LogP contribution in [-0.2, 0) is 22.6 Å². The lowest BCUT2D eigenvalue weighted by Gasteiger charge is -2.30. The summed E-state index contributed by atoms with van der Waals surface area (Å²) >= 11 is 0. The summed E-state index contributed by atoms with van der Waals surface area (Å²) in [5, 5.41) is 6.66. The Labute approximate surface area is 170 Å². The minimum Gasteiger partial charge on any atom is -0.379 e. The van der Waals surface area contributed by atoms with Gasteiger partial charge in [0.2, 0.25) is 0 Å². The molecule has 144 valence electrons. The summed E-state index contributed by atoms with van der Waals surface area (Å²) in [6.45, 7) is 11.4. The van der Waals surface area contributed by atoms with E-state index in [-0.39, 0.29) is 35.5 Å². The fourth-order valence-corrected chi connectivity index (χ4v) is 2.31. The van der Waals surface area contributed by atoms with Crippen LogP contribution in [0.1, 0.15) is 38.8 Å². The molecule has 0 aliphatic carbocycles. The fourth-order valence-electron chi connectivity index (χ4n) is 2.31. The van der Waals surface area contributed by atoms with E-state index < -0.39 is 0 Å². The second-order valence-electron chi connectivity index (χ2n) is 6.85. The molecule has 1 atom stereocenters. The van der Waals surface area contributed by atoms with Gasteiger partial charge in [-0.1, -0.05) is 45.0 Å². The van der Waals surface area contributed by atoms with E-state index in [1.807, 2.05) is 6.92 Å². The zero-order valence-corrected chi connectivity index (χ0v) is 18.7. The van der Waals surface area contributed by atoms with E-state index in [0.29, 0.717) is 13.2 Å². The SMILES string of the molecule is CCOCc1ccc(CNC(=NC)NCC(OC)C(C)(C)C)cc1.I. The normalized spacial score (nSPS) is 13.1. The first-order valence-electron chi connectivity index (χ1n) is 8.53. The zero-order valence-electron chi connectivity index (χ0n) is 16.4. The van der Waals surface area contributed by atoms with Crippen LogP contribution in [-0.4, -0.2) is 39.4 Å². The average molecular weight is 463 g/mol. The van der Waals surface area contributed by atoms with Crippen LogP contribution in [0.5, 0.6) is 0 Å². The van der Waals surface area contributed by atoms with Crippen molar-refractivity contribution < 1.29 is 9.47 Å². The molecule has 0 saturated carbocycles. The third-order valence-corrected chi connectivity index (χ3v) is 3.88. The van der Waals surface area contributed by atoms with Crippen molar-refractivity contribution in [2.45, 2.75) is 47.0 Å². The number of hydrogen-bond donors (Lipinski definition) is 2. The molecule has 5 nitrogen and oxygen atoms in total. The number of methoxy groups -OCH3 is 1. The lowest BCUT2D eigenvalue weighted by molar-refractivity contribution is 0.0205. The quantitative estimate of drug-likeness (QED) is 0.352. The van der Waals surface area contributed by atoms with Gasteiger partial charge in [-0.25, -0.2) is 0 Å². The highest BCUT2D eigenvalue weighted by atomic mass is 127. The largest absolute Gasteiger partial charge is 0.379 e. The molecule has 0 radical (unpaired) electrons. The van der Waals surface area contributed by atoms with Gasteiger partial charge < -0.3 is 20.1 Å². The van der Waals surface area contributed by atoms with Crippen LogP contribution in [0.15, 0.2) is 29.3 Å². The topological polar surface area (TPSA) is 54.9 Å². The van der Waals surface area contributed by atoms with Crippen LogP contribution < -0.4 is 10.6 Å². The fraction of sp³-hybridized carbons (Fsp3) is 0.632. The monoisotopic (exact) mass is 463 g/mol. The summed E-state index contributed by atoms with van der Waals surface area (Å²) in [4.78, 5) is 4.27. The smallest absolute Gasteiger partial charge is 0.191 e. The molecular weight excluding hydrogens is 429 g/mol. The number of rotatable bonds is 8. The minimum absolute atomic E-state index is 0. The number of nitrogens with zero attached hydrogens (tertiary/aromatic N) is 1. The molecule has 0 heterocycles. The molecular formula is C19H34IN3O2. The third-order valence-electron chi connectivity index (χ3n) is 3.88. The second kappa shape index (κ2) is 12.5. The van der Waals surface area contributed by atoms with Gasteiger partial charge in [0, 0.05) is 33.9 Å². The van der Waals surface area contributed by atoms with Crippen molar-refractivity contribution in [2.24, 2.45) is 10.4 Å². The number of guanidine groups is 1. The highest BCUT2D eigenvalue weighted by Gasteiger charge is 2.24. The van der Waals surface area contributed by atoms with Gasteiger partial charge in [-0.3, -0.25) is 4.99 Å². The standard InChI is InChI=1S/C19H33N3O2.HI/c1-7-24-14-16-10-8-15(9-11-16)12-21-18(20-5)22-13-17(23-6)19(2,3)4;/h8-11,17H,7,12-14H2,1-6H3,(H2,20,21,22);1H. The van der Waals surface area contributed by atoms with Crippen LogP contribution in [0.2, 0.25) is 0 Å². The van der Waals surface area contributed by atoms with Crippen molar-refractivity contribution in [3.63, 3.8) is 0 Å². The Kier molecular flexibility index (Phi) is 12.1. The predicted molar refractivity (Wildman–Crippen MR) is 116 cm³/mol. The van der Waals surface area contributed by atoms with E-state index in [2.05, 4.69) is 60.7 Å². The molecule has 0 aromatic heterocycles. The molecule has 0 fully saturated rings. The van der Waals surface area contributed by atoms with Crippen LogP contribution in [0, 0.1) is 5.41 Å². The Bertz CT molecular complexity index is 498. The van der Waals surface area contributed by atoms with E-state index in [1.54, 1.807) is 14.2 Å². The maximum atomic E-state index is 5.56. The molecule has 0 saturated heterocycles. The molecule has 0 bridgehead atoms. The molecule has 2 N–H and O–H groups in total. The van der Waals surface area contributed by atoms with Crippen molar-refractivity contribution in [2.75, 3.05) is 27.3 Å². The van der Waals surface area contributed by atoms with E-state index in [9.17, 15) is 0 Å². The minimum atomic E-state index is 0. The van der Waals surface area contributed by atoms with Crippen LogP contribution in [0.3, 0.4) is 0 Å². The lowest BCUT2D eigenvalue weighted by atomic mass is 9.89. The molecule has 1 unspecified atom stereocenters. The van der Waals surface area contributed by atoms with Crippen LogP contribution in [0.4, 0.5) is 0 Å². The van der Waals surface area contributed by atoms with Crippen molar-refractivity contribution in [3.8, 4) is 0 Å². The molecule has 0 aliphatic rings. The molecule has 1 aromatic rings. The van der Waals surface area contributed by atoms with Gasteiger partial charge in [-0.05, 0) is 23.5 Å². The summed E-state index contributed by atoms with van der Waals surface area (Å²) in [5.74, 6) is 0.777. The Morgan fingerprint density at radius 3 is 2.20 bits per heavy atom. The number of ether oxygens (including phenoxy) is 2. The zero-order chi connectivity index (χ0) is 18.0. The predicted octanol–water partition coefficient (Wildman–Crippen LogP) is 3.57. The molecule has 1 rings (SSSR count). The molecule has 0 spiro atoms. The highest BCUT2D eigenvalue weighted by molar-refractivity contribution is 14.0. The van der Waals surface area contributed by atoms with Gasteiger partial charge in [0.25, 0.3) is 0 Å². The molecule has 6 heteroatoms. The second-order valence-corrected chi connectivity index (χ2v) is 6.85. The summed E-state index contributed by atoms with van der Waals surface area (Å²) in [6.07, 6.45) is 0.119. The first kappa shape index (κ1) is 24.1. The summed E-state index contributed by atoms with van der Waals surface area (Å²) in [5.41, 5.74) is 2.48. The number of benzene rings is 1. The Morgan fingerprint density at radius 2 is 1.72 bits per heavy atom. The lowest BCUT2D eigenvalue weighted by Crippen LogP contribution is -2.45. The van der Waals surface area contributed by atoms with Gasteiger partial charge in [0.15, 0.2) is 5.96 Å². The molecule has 0 amide bonds. The van der Waals surface area contributed by atoms with Crippen molar-refractivity contribution in [3.05, 3.63) is 35.4 Å². The van der Waals surface area contributed by atoms with E-state index in [1.165, 1.54) is 11.1 Å². The summed E-state index contributed by atoms with van der Waals surface area (Å²) in [7, 11) is 3.52. The van der Waals surface area contributed by atoms with Crippen molar-refractivity contribution in [1.82, 2.24) is 10.6 Å². The Morgan fingerprint density at radius 1 is 1.12 bits per heavy atom. The van der Waals surface area contributed by atoms with Gasteiger partial charge >= 0.3 is 0 Å². The first-order chi connectivity index (χ1) is 11.4. The van der Waals surface area contributed by atoms with Gasteiger partial charge in [0.1, 0.15) is 0 Å². The highest BCUT2D eigenvalue weighted by Crippen LogP contribution is 2.20. The number of nitrogens with one attached hydrogen (secondary N) is 2. The van der Waals surface area contributed by atoms with Crippen molar-refractivity contribution in [1.29, 1.82) is 0 Å². The number of hydrogen-bond acceptors (Lipinski definition) is 3. The van der Waals surface area contributed by atoms with Crippen molar-refractivity contribution >= 4 is 29.9 Å². The van der Waals surface area contributed by atoms with Crippen LogP contribution in [0.25, 0.3) is 0 Å². The first-order valence-corrected chi connectivity index (χ1v) is 8.53. The summed E-state index contributed by atoms with van der Waals surface area (Å²) in [6, 6.07) is 8.43.